The lowest BCUT2D eigenvalue weighted by atomic mass is 9.48. The molecule has 4 nitrogen and oxygen atoms in total. The summed E-state index contributed by atoms with van der Waals surface area (Å²) in [6.45, 7) is 4.51. The number of hydrogen-bond acceptors (Lipinski definition) is 4. The van der Waals surface area contributed by atoms with Gasteiger partial charge in [-0.2, -0.15) is 0 Å². The van der Waals surface area contributed by atoms with Gasteiger partial charge < -0.3 is 20.4 Å². The van der Waals surface area contributed by atoms with Crippen LogP contribution in [-0.2, 0) is 0 Å². The van der Waals surface area contributed by atoms with E-state index in [9.17, 15) is 20.4 Å². The fraction of sp³-hybridized carbons (Fsp3) is 0.905. The van der Waals surface area contributed by atoms with E-state index in [2.05, 4.69) is 19.8 Å². The van der Waals surface area contributed by atoms with Crippen LogP contribution in [0, 0.1) is 46.8 Å². The van der Waals surface area contributed by atoms with Gasteiger partial charge in [0.15, 0.2) is 0 Å². The average Bonchev–Trinajstić information content (AvgIpc) is 2.88. The minimum Gasteiger partial charge on any atom is -0.396 e. The third-order valence-electron chi connectivity index (χ3n) is 8.61. The molecule has 0 aliphatic heterocycles. The minimum atomic E-state index is -1.07. The lowest BCUT2D eigenvalue weighted by Gasteiger charge is -2.57. The van der Waals surface area contributed by atoms with Crippen LogP contribution in [0.25, 0.3) is 0 Å². The molecule has 3 aliphatic carbocycles. The molecular weight excluding hydrogens is 316 g/mol. The van der Waals surface area contributed by atoms with Crippen LogP contribution < -0.4 is 0 Å². The molecule has 0 aromatic rings. The van der Waals surface area contributed by atoms with Crippen LogP contribution in [0.5, 0.6) is 0 Å². The minimum absolute atomic E-state index is 0.0626. The zero-order valence-electron chi connectivity index (χ0n) is 15.6. The van der Waals surface area contributed by atoms with E-state index in [1.807, 2.05) is 0 Å². The zero-order valence-corrected chi connectivity index (χ0v) is 15.6. The summed E-state index contributed by atoms with van der Waals surface area (Å²) in [5.41, 5.74) is -1.50. The smallest absolute Gasteiger partial charge is 0.130 e. The van der Waals surface area contributed by atoms with Crippen molar-refractivity contribution in [2.75, 3.05) is 13.2 Å². The first-order valence-corrected chi connectivity index (χ1v) is 9.85. The molecule has 0 saturated heterocycles. The van der Waals surface area contributed by atoms with Crippen LogP contribution in [0.15, 0.2) is 0 Å². The van der Waals surface area contributed by atoms with E-state index in [0.29, 0.717) is 18.8 Å². The first-order chi connectivity index (χ1) is 11.8. The van der Waals surface area contributed by atoms with E-state index >= 15 is 0 Å². The Kier molecular flexibility index (Phi) is 5.01. The van der Waals surface area contributed by atoms with Crippen molar-refractivity contribution in [2.45, 2.75) is 70.5 Å². The highest BCUT2D eigenvalue weighted by molar-refractivity contribution is 5.23. The number of rotatable bonds is 3. The number of fused-ring (bicyclic) bond motifs is 1. The summed E-state index contributed by atoms with van der Waals surface area (Å²) in [4.78, 5) is 0. The third-order valence-corrected chi connectivity index (χ3v) is 8.61. The Morgan fingerprint density at radius 1 is 1.00 bits per heavy atom. The highest BCUT2D eigenvalue weighted by atomic mass is 16.3. The van der Waals surface area contributed by atoms with Crippen molar-refractivity contribution in [1.29, 1.82) is 0 Å². The summed E-state index contributed by atoms with van der Waals surface area (Å²) in [6, 6.07) is 0. The summed E-state index contributed by atoms with van der Waals surface area (Å²) in [6.07, 6.45) is 10.9. The number of hydrogen-bond donors (Lipinski definition) is 4. The van der Waals surface area contributed by atoms with E-state index in [-0.39, 0.29) is 47.9 Å². The van der Waals surface area contributed by atoms with E-state index in [0.717, 1.165) is 32.1 Å². The Balaban J connectivity index is 1.91. The molecule has 3 rings (SSSR count). The van der Waals surface area contributed by atoms with Gasteiger partial charge >= 0.3 is 0 Å². The lowest BCUT2D eigenvalue weighted by Crippen LogP contribution is -2.55. The van der Waals surface area contributed by atoms with Crippen LogP contribution in [0.2, 0.25) is 0 Å². The number of aliphatic hydroxyl groups is 4. The van der Waals surface area contributed by atoms with E-state index in [1.54, 1.807) is 0 Å². The Hall–Kier alpha value is -0.600. The lowest BCUT2D eigenvalue weighted by molar-refractivity contribution is -0.134. The normalized spacial score (nSPS) is 53.2. The molecule has 0 amide bonds. The molecule has 3 saturated carbocycles. The zero-order chi connectivity index (χ0) is 18.5. The maximum Gasteiger partial charge on any atom is 0.130 e. The molecule has 0 spiro atoms. The van der Waals surface area contributed by atoms with Gasteiger partial charge in [0.2, 0.25) is 0 Å². The Labute approximate surface area is 151 Å². The van der Waals surface area contributed by atoms with Gasteiger partial charge in [0.25, 0.3) is 0 Å². The third kappa shape index (κ3) is 2.67. The fourth-order valence-corrected chi connectivity index (χ4v) is 6.78. The largest absolute Gasteiger partial charge is 0.396 e. The summed E-state index contributed by atoms with van der Waals surface area (Å²) in [7, 11) is 0. The Morgan fingerprint density at radius 3 is 2.28 bits per heavy atom. The second-order valence-electron chi connectivity index (χ2n) is 9.37. The fourth-order valence-electron chi connectivity index (χ4n) is 6.78. The van der Waals surface area contributed by atoms with Gasteiger partial charge in [0.1, 0.15) is 5.60 Å². The molecule has 8 unspecified atom stereocenters. The van der Waals surface area contributed by atoms with Crippen LogP contribution in [0.1, 0.15) is 58.8 Å². The standard InChI is InChI=1S/C21H34O4/c1-4-21(25)10-7-18-16(13-23)17(6-9-20(18,21)3)19(2)8-5-15(24)11-14(19)12-22/h1,14-18,22-25H,5-13H2,2-3H3. The van der Waals surface area contributed by atoms with E-state index in [1.165, 1.54) is 0 Å². The average molecular weight is 350 g/mol. The SMILES string of the molecule is C#CC1(O)CCC2C(CO)C(C3(C)CCC(O)CC3CO)CCC21C. The van der Waals surface area contributed by atoms with Gasteiger partial charge in [-0.05, 0) is 74.0 Å². The number of aliphatic hydroxyl groups excluding tert-OH is 3. The van der Waals surface area contributed by atoms with Crippen molar-refractivity contribution in [3.8, 4) is 12.3 Å². The predicted molar refractivity (Wildman–Crippen MR) is 96.5 cm³/mol. The summed E-state index contributed by atoms with van der Waals surface area (Å²) < 4.78 is 0. The van der Waals surface area contributed by atoms with Crippen molar-refractivity contribution in [1.82, 2.24) is 0 Å². The van der Waals surface area contributed by atoms with Crippen molar-refractivity contribution in [3.63, 3.8) is 0 Å². The van der Waals surface area contributed by atoms with Gasteiger partial charge in [-0.15, -0.1) is 6.42 Å². The highest BCUT2D eigenvalue weighted by Gasteiger charge is 2.63. The number of terminal acetylenes is 1. The van der Waals surface area contributed by atoms with Gasteiger partial charge in [-0.3, -0.25) is 0 Å². The topological polar surface area (TPSA) is 80.9 Å². The predicted octanol–water partition coefficient (Wildman–Crippen LogP) is 1.95. The second kappa shape index (κ2) is 6.53. The van der Waals surface area contributed by atoms with E-state index in [4.69, 9.17) is 6.42 Å². The molecule has 0 aromatic carbocycles. The van der Waals surface area contributed by atoms with Crippen LogP contribution in [0.3, 0.4) is 0 Å². The van der Waals surface area contributed by atoms with Crippen molar-refractivity contribution in [2.24, 2.45) is 34.5 Å². The molecule has 3 aliphatic rings. The molecule has 0 bridgehead atoms. The van der Waals surface area contributed by atoms with Crippen LogP contribution in [0.4, 0.5) is 0 Å². The van der Waals surface area contributed by atoms with Crippen molar-refractivity contribution >= 4 is 0 Å². The molecule has 0 heterocycles. The first-order valence-electron chi connectivity index (χ1n) is 9.85. The van der Waals surface area contributed by atoms with Crippen LogP contribution >= 0.6 is 0 Å². The molecule has 0 radical (unpaired) electrons. The summed E-state index contributed by atoms with van der Waals surface area (Å²) in [5.74, 6) is 3.31. The molecule has 4 N–H and O–H groups in total. The van der Waals surface area contributed by atoms with Crippen LogP contribution in [-0.4, -0.2) is 45.3 Å². The molecule has 0 aromatic heterocycles. The van der Waals surface area contributed by atoms with Gasteiger partial charge in [-0.25, -0.2) is 0 Å². The van der Waals surface area contributed by atoms with Crippen molar-refractivity contribution in [3.05, 3.63) is 0 Å². The second-order valence-corrected chi connectivity index (χ2v) is 9.37. The maximum absolute atomic E-state index is 11.0. The first kappa shape index (κ1) is 19.2. The van der Waals surface area contributed by atoms with Gasteiger partial charge in [0.05, 0.1) is 6.10 Å². The molecule has 3 fully saturated rings. The van der Waals surface area contributed by atoms with Gasteiger partial charge in [0, 0.05) is 18.6 Å². The maximum atomic E-state index is 11.0. The molecule has 25 heavy (non-hydrogen) atoms. The molecule has 142 valence electrons. The van der Waals surface area contributed by atoms with Gasteiger partial charge in [-0.1, -0.05) is 19.8 Å². The molecule has 8 atom stereocenters. The Morgan fingerprint density at radius 2 is 1.68 bits per heavy atom. The highest BCUT2D eigenvalue weighted by Crippen LogP contribution is 2.64. The summed E-state index contributed by atoms with van der Waals surface area (Å²) in [5, 5.41) is 41.2. The summed E-state index contributed by atoms with van der Waals surface area (Å²) >= 11 is 0. The Bertz CT molecular complexity index is 543. The van der Waals surface area contributed by atoms with Crippen molar-refractivity contribution < 1.29 is 20.4 Å². The quantitative estimate of drug-likeness (QED) is 0.587. The van der Waals surface area contributed by atoms with E-state index < -0.39 is 5.60 Å². The molecular formula is C21H34O4. The monoisotopic (exact) mass is 350 g/mol. The molecule has 4 heteroatoms.